The standard InChI is InChI=1S/C26H30ClNOS/c1-25-14-12-21-23(30-24(28-21)15-3-5-16(27)6-4-15)20(25)8-7-17-18-9-10-22(29)26(18,2)13-11-19(17)25/h3-6,8,17-19,22,29H,7,9-14H2,1-2H3/t17-,18-,19-,22-,25+,26-/m0/s1. The number of halogens is 1. The molecule has 1 aromatic heterocycles. The highest BCUT2D eigenvalue weighted by molar-refractivity contribution is 7.16. The van der Waals surface area contributed by atoms with Gasteiger partial charge in [-0.15, -0.1) is 11.3 Å². The van der Waals surface area contributed by atoms with Gasteiger partial charge in [-0.25, -0.2) is 4.98 Å². The quantitative estimate of drug-likeness (QED) is 0.518. The zero-order valence-electron chi connectivity index (χ0n) is 17.8. The van der Waals surface area contributed by atoms with Crippen molar-refractivity contribution in [2.24, 2.45) is 28.6 Å². The summed E-state index contributed by atoms with van der Waals surface area (Å²) in [6, 6.07) is 8.09. The minimum atomic E-state index is -0.0944. The average molecular weight is 440 g/mol. The molecule has 0 aliphatic heterocycles. The lowest BCUT2D eigenvalue weighted by molar-refractivity contribution is -0.0579. The summed E-state index contributed by atoms with van der Waals surface area (Å²) in [4.78, 5) is 6.49. The lowest BCUT2D eigenvalue weighted by Crippen LogP contribution is -2.50. The fraction of sp³-hybridized carbons (Fsp3) is 0.577. The fourth-order valence-corrected chi connectivity index (χ4v) is 8.99. The summed E-state index contributed by atoms with van der Waals surface area (Å²) in [7, 11) is 0. The van der Waals surface area contributed by atoms with Crippen LogP contribution in [0.2, 0.25) is 5.02 Å². The van der Waals surface area contributed by atoms with E-state index in [0.717, 1.165) is 34.7 Å². The Balaban J connectivity index is 1.38. The molecule has 30 heavy (non-hydrogen) atoms. The Kier molecular flexibility index (Phi) is 4.34. The third kappa shape index (κ3) is 2.61. The summed E-state index contributed by atoms with van der Waals surface area (Å²) < 4.78 is 0. The van der Waals surface area contributed by atoms with Gasteiger partial charge < -0.3 is 5.11 Å². The number of rotatable bonds is 1. The van der Waals surface area contributed by atoms with E-state index in [2.05, 4.69) is 32.1 Å². The highest BCUT2D eigenvalue weighted by Gasteiger charge is 2.58. The molecule has 6 atom stereocenters. The van der Waals surface area contributed by atoms with Gasteiger partial charge in [-0.1, -0.05) is 43.7 Å². The Morgan fingerprint density at radius 3 is 2.67 bits per heavy atom. The molecule has 1 heterocycles. The molecule has 4 aliphatic rings. The number of aliphatic hydroxyl groups excluding tert-OH is 1. The minimum Gasteiger partial charge on any atom is -0.393 e. The molecule has 2 fully saturated rings. The number of aromatic nitrogens is 1. The Bertz CT molecular complexity index is 1030. The van der Waals surface area contributed by atoms with E-state index in [1.165, 1.54) is 48.2 Å². The van der Waals surface area contributed by atoms with Gasteiger partial charge in [0, 0.05) is 10.6 Å². The number of hydrogen-bond donors (Lipinski definition) is 1. The van der Waals surface area contributed by atoms with Crippen molar-refractivity contribution in [2.45, 2.75) is 64.9 Å². The highest BCUT2D eigenvalue weighted by atomic mass is 35.5. The Labute approximate surface area is 188 Å². The van der Waals surface area contributed by atoms with E-state index in [9.17, 15) is 5.11 Å². The van der Waals surface area contributed by atoms with Crippen LogP contribution in [0, 0.1) is 28.6 Å². The van der Waals surface area contributed by atoms with Crippen LogP contribution in [0.3, 0.4) is 0 Å². The minimum absolute atomic E-state index is 0.0944. The van der Waals surface area contributed by atoms with Gasteiger partial charge in [-0.2, -0.15) is 0 Å². The SMILES string of the molecule is C[C@]12CC[C@H]3[C@@H](CC=C4c5sc(-c6ccc(Cl)cc6)nc5CC[C@@]43C)[C@@H]1CC[C@@H]2O. The fourth-order valence-electron chi connectivity index (χ4n) is 7.56. The van der Waals surface area contributed by atoms with Crippen molar-refractivity contribution in [3.05, 3.63) is 45.9 Å². The second kappa shape index (κ2) is 6.67. The second-order valence-electron chi connectivity index (χ2n) is 10.6. The summed E-state index contributed by atoms with van der Waals surface area (Å²) in [6.07, 6.45) is 10.6. The first-order valence-corrected chi connectivity index (χ1v) is 12.7. The average Bonchev–Trinajstić information content (AvgIpc) is 3.29. The summed E-state index contributed by atoms with van der Waals surface area (Å²) in [6.45, 7) is 4.90. The van der Waals surface area contributed by atoms with Crippen molar-refractivity contribution in [3.63, 3.8) is 0 Å². The van der Waals surface area contributed by atoms with E-state index in [1.54, 1.807) is 5.57 Å². The molecule has 0 radical (unpaired) electrons. The van der Waals surface area contributed by atoms with E-state index in [0.29, 0.717) is 5.92 Å². The van der Waals surface area contributed by atoms with Crippen LogP contribution in [-0.2, 0) is 6.42 Å². The van der Waals surface area contributed by atoms with Crippen LogP contribution < -0.4 is 0 Å². The number of benzene rings is 1. The molecule has 4 heteroatoms. The molecular formula is C26H30ClNOS. The van der Waals surface area contributed by atoms with E-state index >= 15 is 0 Å². The van der Waals surface area contributed by atoms with E-state index < -0.39 is 0 Å². The molecule has 158 valence electrons. The van der Waals surface area contributed by atoms with Gasteiger partial charge in [0.25, 0.3) is 0 Å². The summed E-state index contributed by atoms with van der Waals surface area (Å²) >= 11 is 7.96. The second-order valence-corrected chi connectivity index (χ2v) is 12.0. The van der Waals surface area contributed by atoms with Crippen molar-refractivity contribution in [1.29, 1.82) is 0 Å². The number of nitrogens with zero attached hydrogens (tertiary/aromatic N) is 1. The maximum absolute atomic E-state index is 10.7. The van der Waals surface area contributed by atoms with Crippen LogP contribution in [0.1, 0.15) is 62.9 Å². The van der Waals surface area contributed by atoms with Gasteiger partial charge in [0.05, 0.1) is 16.7 Å². The monoisotopic (exact) mass is 439 g/mol. The molecule has 4 aliphatic carbocycles. The molecule has 0 unspecified atom stereocenters. The maximum Gasteiger partial charge on any atom is 0.124 e. The first-order valence-electron chi connectivity index (χ1n) is 11.5. The van der Waals surface area contributed by atoms with Crippen molar-refractivity contribution >= 4 is 28.5 Å². The molecule has 0 saturated heterocycles. The zero-order valence-corrected chi connectivity index (χ0v) is 19.4. The zero-order chi connectivity index (χ0) is 20.7. The highest BCUT2D eigenvalue weighted by Crippen LogP contribution is 2.66. The molecule has 1 N–H and O–H groups in total. The van der Waals surface area contributed by atoms with Gasteiger partial charge >= 0.3 is 0 Å². The van der Waals surface area contributed by atoms with Gasteiger partial charge in [-0.3, -0.25) is 0 Å². The molecule has 0 bridgehead atoms. The number of fused-ring (bicyclic) bond motifs is 7. The molecule has 2 aromatic rings. The number of thiazole rings is 1. The van der Waals surface area contributed by atoms with Crippen molar-refractivity contribution < 1.29 is 5.11 Å². The molecular weight excluding hydrogens is 410 g/mol. The van der Waals surface area contributed by atoms with E-state index in [1.807, 2.05) is 23.5 Å². The van der Waals surface area contributed by atoms with Crippen LogP contribution in [-0.4, -0.2) is 16.2 Å². The predicted octanol–water partition coefficient (Wildman–Crippen LogP) is 7.01. The molecule has 0 spiro atoms. The maximum atomic E-state index is 10.7. The molecule has 6 rings (SSSR count). The first-order chi connectivity index (χ1) is 14.4. The molecule has 2 nitrogen and oxygen atoms in total. The Hall–Kier alpha value is -1.16. The van der Waals surface area contributed by atoms with Crippen LogP contribution in [0.5, 0.6) is 0 Å². The summed E-state index contributed by atoms with van der Waals surface area (Å²) in [5, 5.41) is 12.6. The Morgan fingerprint density at radius 2 is 1.87 bits per heavy atom. The number of allylic oxidation sites excluding steroid dienone is 2. The normalized spacial score (nSPS) is 39.5. The number of aliphatic hydroxyl groups is 1. The predicted molar refractivity (Wildman–Crippen MR) is 125 cm³/mol. The number of hydrogen-bond acceptors (Lipinski definition) is 3. The van der Waals surface area contributed by atoms with Gasteiger partial charge in [-0.05, 0) is 91.2 Å². The smallest absolute Gasteiger partial charge is 0.124 e. The lowest BCUT2D eigenvalue weighted by atomic mass is 9.48. The van der Waals surface area contributed by atoms with Crippen LogP contribution in [0.25, 0.3) is 16.1 Å². The van der Waals surface area contributed by atoms with Crippen molar-refractivity contribution in [3.8, 4) is 10.6 Å². The lowest BCUT2D eigenvalue weighted by Gasteiger charge is -2.56. The van der Waals surface area contributed by atoms with Crippen molar-refractivity contribution in [1.82, 2.24) is 4.98 Å². The largest absolute Gasteiger partial charge is 0.393 e. The Morgan fingerprint density at radius 1 is 1.07 bits per heavy atom. The molecule has 2 saturated carbocycles. The van der Waals surface area contributed by atoms with Crippen molar-refractivity contribution in [2.75, 3.05) is 0 Å². The van der Waals surface area contributed by atoms with Gasteiger partial charge in [0.2, 0.25) is 0 Å². The summed E-state index contributed by atoms with van der Waals surface area (Å²) in [5.41, 5.74) is 4.45. The van der Waals surface area contributed by atoms with E-state index in [4.69, 9.17) is 16.6 Å². The third-order valence-electron chi connectivity index (χ3n) is 9.33. The molecule has 0 amide bonds. The van der Waals surface area contributed by atoms with E-state index in [-0.39, 0.29) is 16.9 Å². The third-order valence-corrected chi connectivity index (χ3v) is 10.8. The van der Waals surface area contributed by atoms with Gasteiger partial charge in [0.15, 0.2) is 0 Å². The van der Waals surface area contributed by atoms with Crippen LogP contribution in [0.4, 0.5) is 0 Å². The topological polar surface area (TPSA) is 33.1 Å². The molecule has 1 aromatic carbocycles. The van der Waals surface area contributed by atoms with Crippen LogP contribution in [0.15, 0.2) is 30.3 Å². The number of aryl methyl sites for hydroxylation is 1. The van der Waals surface area contributed by atoms with Crippen LogP contribution >= 0.6 is 22.9 Å². The summed E-state index contributed by atoms with van der Waals surface area (Å²) in [5.74, 6) is 2.17. The van der Waals surface area contributed by atoms with Gasteiger partial charge in [0.1, 0.15) is 5.01 Å². The first kappa shape index (κ1) is 19.5.